The van der Waals surface area contributed by atoms with Gasteiger partial charge in [0.1, 0.15) is 0 Å². The van der Waals surface area contributed by atoms with Crippen LogP contribution in [0.15, 0.2) is 47.8 Å². The highest BCUT2D eigenvalue weighted by Gasteiger charge is 2.22. The summed E-state index contributed by atoms with van der Waals surface area (Å²) in [6, 6.07) is 4.58. The molecule has 1 heterocycles. The Labute approximate surface area is 150 Å². The molecule has 25 heavy (non-hydrogen) atoms. The van der Waals surface area contributed by atoms with E-state index in [1.807, 2.05) is 0 Å². The molecule has 1 unspecified atom stereocenters. The summed E-state index contributed by atoms with van der Waals surface area (Å²) in [6.45, 7) is 0.991. The van der Waals surface area contributed by atoms with Gasteiger partial charge in [0.15, 0.2) is 11.5 Å². The zero-order chi connectivity index (χ0) is 17.6. The molecular formula is C21H27NO3. The van der Waals surface area contributed by atoms with E-state index >= 15 is 0 Å². The molecule has 0 radical (unpaired) electrons. The maximum absolute atomic E-state index is 5.49. The molecule has 1 aromatic carbocycles. The van der Waals surface area contributed by atoms with E-state index < -0.39 is 0 Å². The Kier molecular flexibility index (Phi) is 5.82. The summed E-state index contributed by atoms with van der Waals surface area (Å²) in [5.74, 6) is 2.63. The minimum Gasteiger partial charge on any atom is -0.501 e. The van der Waals surface area contributed by atoms with E-state index in [4.69, 9.17) is 14.2 Å². The van der Waals surface area contributed by atoms with Crippen molar-refractivity contribution in [2.24, 2.45) is 0 Å². The molecule has 0 fully saturated rings. The van der Waals surface area contributed by atoms with Crippen molar-refractivity contribution in [2.45, 2.75) is 31.7 Å². The summed E-state index contributed by atoms with van der Waals surface area (Å²) >= 11 is 0. The van der Waals surface area contributed by atoms with Crippen LogP contribution in [0.2, 0.25) is 0 Å². The van der Waals surface area contributed by atoms with Crippen LogP contribution in [0.5, 0.6) is 11.5 Å². The molecule has 1 aliphatic heterocycles. The van der Waals surface area contributed by atoms with E-state index in [0.29, 0.717) is 6.04 Å². The van der Waals surface area contributed by atoms with Gasteiger partial charge >= 0.3 is 0 Å². The Morgan fingerprint density at radius 1 is 1.08 bits per heavy atom. The second-order valence-electron chi connectivity index (χ2n) is 6.39. The minimum absolute atomic E-state index is 0.330. The van der Waals surface area contributed by atoms with E-state index in [1.54, 1.807) is 21.3 Å². The zero-order valence-electron chi connectivity index (χ0n) is 15.3. The lowest BCUT2D eigenvalue weighted by Gasteiger charge is -2.28. The number of nitrogens with one attached hydrogen (secondary N) is 1. The SMILES string of the molecule is COC1=CC(CCC2NCCc3cc(OC)c(OC)cc32)=CC=CC1. The highest BCUT2D eigenvalue weighted by molar-refractivity contribution is 5.49. The molecule has 3 rings (SSSR count). The third-order valence-electron chi connectivity index (χ3n) is 4.90. The van der Waals surface area contributed by atoms with Crippen LogP contribution in [0.3, 0.4) is 0 Å². The first-order valence-electron chi connectivity index (χ1n) is 8.83. The van der Waals surface area contributed by atoms with Crippen LogP contribution in [0.1, 0.15) is 36.4 Å². The van der Waals surface area contributed by atoms with Gasteiger partial charge in [0.2, 0.25) is 0 Å². The fourth-order valence-electron chi connectivity index (χ4n) is 3.52. The third kappa shape index (κ3) is 4.07. The number of allylic oxidation sites excluding steroid dienone is 5. The molecule has 4 heteroatoms. The average Bonchev–Trinajstić information content (AvgIpc) is 2.90. The topological polar surface area (TPSA) is 39.7 Å². The fourth-order valence-corrected chi connectivity index (χ4v) is 3.52. The Balaban J connectivity index is 1.77. The zero-order valence-corrected chi connectivity index (χ0v) is 15.3. The summed E-state index contributed by atoms with van der Waals surface area (Å²) in [5.41, 5.74) is 3.98. The van der Waals surface area contributed by atoms with Gasteiger partial charge in [-0.25, -0.2) is 0 Å². The van der Waals surface area contributed by atoms with Crippen molar-refractivity contribution in [2.75, 3.05) is 27.9 Å². The summed E-state index contributed by atoms with van der Waals surface area (Å²) in [4.78, 5) is 0. The van der Waals surface area contributed by atoms with Gasteiger partial charge in [-0.05, 0) is 60.7 Å². The maximum Gasteiger partial charge on any atom is 0.161 e. The highest BCUT2D eigenvalue weighted by Crippen LogP contribution is 2.37. The summed E-state index contributed by atoms with van der Waals surface area (Å²) in [6.07, 6.45) is 12.5. The Morgan fingerprint density at radius 3 is 2.64 bits per heavy atom. The van der Waals surface area contributed by atoms with E-state index in [0.717, 1.165) is 49.5 Å². The van der Waals surface area contributed by atoms with Crippen molar-refractivity contribution in [3.63, 3.8) is 0 Å². The first kappa shape index (κ1) is 17.6. The van der Waals surface area contributed by atoms with Gasteiger partial charge < -0.3 is 19.5 Å². The van der Waals surface area contributed by atoms with Crippen molar-refractivity contribution in [3.8, 4) is 11.5 Å². The number of methoxy groups -OCH3 is 3. The molecule has 2 aliphatic rings. The van der Waals surface area contributed by atoms with E-state index in [9.17, 15) is 0 Å². The van der Waals surface area contributed by atoms with Crippen LogP contribution in [-0.2, 0) is 11.2 Å². The molecule has 0 bridgehead atoms. The molecule has 1 aromatic rings. The largest absolute Gasteiger partial charge is 0.501 e. The van der Waals surface area contributed by atoms with Crippen LogP contribution in [0, 0.1) is 0 Å². The lowest BCUT2D eigenvalue weighted by atomic mass is 9.90. The van der Waals surface area contributed by atoms with E-state index in [1.165, 1.54) is 16.7 Å². The number of ether oxygens (including phenoxy) is 3. The molecule has 0 spiro atoms. The Morgan fingerprint density at radius 2 is 1.88 bits per heavy atom. The van der Waals surface area contributed by atoms with Crippen molar-refractivity contribution in [1.82, 2.24) is 5.32 Å². The van der Waals surface area contributed by atoms with Crippen LogP contribution in [0.4, 0.5) is 0 Å². The molecule has 1 aliphatic carbocycles. The number of hydrogen-bond acceptors (Lipinski definition) is 4. The Bertz CT molecular complexity index is 703. The number of rotatable bonds is 6. The van der Waals surface area contributed by atoms with Gasteiger partial charge in [0, 0.05) is 12.5 Å². The molecule has 4 nitrogen and oxygen atoms in total. The molecule has 134 valence electrons. The predicted octanol–water partition coefficient (Wildman–Crippen LogP) is 4.09. The smallest absolute Gasteiger partial charge is 0.161 e. The normalized spacial score (nSPS) is 19.4. The number of benzene rings is 1. The van der Waals surface area contributed by atoms with Gasteiger partial charge in [0.25, 0.3) is 0 Å². The molecule has 0 aromatic heterocycles. The first-order valence-corrected chi connectivity index (χ1v) is 8.83. The predicted molar refractivity (Wildman–Crippen MR) is 100 cm³/mol. The van der Waals surface area contributed by atoms with Crippen LogP contribution < -0.4 is 14.8 Å². The molecule has 0 saturated carbocycles. The second-order valence-corrected chi connectivity index (χ2v) is 6.39. The van der Waals surface area contributed by atoms with Crippen LogP contribution >= 0.6 is 0 Å². The van der Waals surface area contributed by atoms with E-state index in [-0.39, 0.29) is 0 Å². The highest BCUT2D eigenvalue weighted by atomic mass is 16.5. The summed E-state index contributed by atoms with van der Waals surface area (Å²) in [5, 5.41) is 3.65. The van der Waals surface area contributed by atoms with Gasteiger partial charge in [-0.1, -0.05) is 18.2 Å². The lowest BCUT2D eigenvalue weighted by Crippen LogP contribution is -2.30. The van der Waals surface area contributed by atoms with Gasteiger partial charge in [0.05, 0.1) is 27.1 Å². The lowest BCUT2D eigenvalue weighted by molar-refractivity contribution is 0.284. The van der Waals surface area contributed by atoms with Gasteiger partial charge in [-0.3, -0.25) is 0 Å². The van der Waals surface area contributed by atoms with Gasteiger partial charge in [-0.15, -0.1) is 0 Å². The average molecular weight is 341 g/mol. The number of fused-ring (bicyclic) bond motifs is 1. The molecule has 0 saturated heterocycles. The van der Waals surface area contributed by atoms with Crippen molar-refractivity contribution in [1.29, 1.82) is 0 Å². The monoisotopic (exact) mass is 341 g/mol. The third-order valence-corrected chi connectivity index (χ3v) is 4.90. The molecule has 1 atom stereocenters. The molecule has 1 N–H and O–H groups in total. The van der Waals surface area contributed by atoms with Crippen molar-refractivity contribution in [3.05, 3.63) is 58.9 Å². The number of hydrogen-bond donors (Lipinski definition) is 1. The summed E-state index contributed by atoms with van der Waals surface area (Å²) in [7, 11) is 5.12. The maximum atomic E-state index is 5.49. The first-order chi connectivity index (χ1) is 12.2. The Hall–Kier alpha value is -2.20. The standard InChI is InChI=1S/C21H27NO3/c1-23-17-7-5-4-6-15(12-17)8-9-19-18-14-21(25-3)20(24-2)13-16(18)10-11-22-19/h4-6,12-14,19,22H,7-11H2,1-3H3. The van der Waals surface area contributed by atoms with Crippen LogP contribution in [0.25, 0.3) is 0 Å². The second kappa shape index (κ2) is 8.26. The van der Waals surface area contributed by atoms with Crippen molar-refractivity contribution >= 4 is 0 Å². The molecular weight excluding hydrogens is 314 g/mol. The fraction of sp³-hybridized carbons (Fsp3) is 0.429. The van der Waals surface area contributed by atoms with Crippen molar-refractivity contribution < 1.29 is 14.2 Å². The van der Waals surface area contributed by atoms with E-state index in [2.05, 4.69) is 41.8 Å². The molecule has 0 amide bonds. The van der Waals surface area contributed by atoms with Gasteiger partial charge in [-0.2, -0.15) is 0 Å². The quantitative estimate of drug-likeness (QED) is 0.846. The minimum atomic E-state index is 0.330. The summed E-state index contributed by atoms with van der Waals surface area (Å²) < 4.78 is 16.4. The van der Waals surface area contributed by atoms with Crippen LogP contribution in [-0.4, -0.2) is 27.9 Å².